The van der Waals surface area contributed by atoms with Gasteiger partial charge in [0.1, 0.15) is 0 Å². The fraction of sp³-hybridized carbons (Fsp3) is 0.647. The summed E-state index contributed by atoms with van der Waals surface area (Å²) in [4.78, 5) is 2.56. The first kappa shape index (κ1) is 16.0. The van der Waals surface area contributed by atoms with E-state index in [9.17, 15) is 0 Å². The zero-order valence-corrected chi connectivity index (χ0v) is 14.5. The van der Waals surface area contributed by atoms with E-state index in [1.807, 2.05) is 0 Å². The largest absolute Gasteiger partial charge is 0.307 e. The number of piperidine rings is 1. The van der Waals surface area contributed by atoms with Gasteiger partial charge in [0.25, 0.3) is 0 Å². The smallest absolute Gasteiger partial charge is 0.0305 e. The van der Waals surface area contributed by atoms with Gasteiger partial charge < -0.3 is 10.2 Å². The van der Waals surface area contributed by atoms with Gasteiger partial charge in [0, 0.05) is 16.6 Å². The minimum Gasteiger partial charge on any atom is -0.307 e. The molecule has 1 aromatic rings. The van der Waals surface area contributed by atoms with Crippen LogP contribution in [0.1, 0.15) is 45.2 Å². The Morgan fingerprint density at radius 1 is 1.25 bits per heavy atom. The van der Waals surface area contributed by atoms with Crippen LogP contribution >= 0.6 is 15.9 Å². The van der Waals surface area contributed by atoms with E-state index < -0.39 is 0 Å². The van der Waals surface area contributed by atoms with Crippen LogP contribution in [-0.2, 0) is 0 Å². The molecular formula is C17H27BrN2. The van der Waals surface area contributed by atoms with E-state index >= 15 is 0 Å². The van der Waals surface area contributed by atoms with Crippen molar-refractivity contribution in [1.29, 1.82) is 0 Å². The molecule has 0 amide bonds. The Morgan fingerprint density at radius 2 is 1.90 bits per heavy atom. The van der Waals surface area contributed by atoms with E-state index in [4.69, 9.17) is 0 Å². The maximum absolute atomic E-state index is 3.79. The first-order valence-electron chi connectivity index (χ1n) is 7.84. The van der Waals surface area contributed by atoms with Crippen molar-refractivity contribution < 1.29 is 0 Å². The Kier molecular flexibility index (Phi) is 6.06. The molecule has 0 aliphatic carbocycles. The minimum absolute atomic E-state index is 0.393. The van der Waals surface area contributed by atoms with Gasteiger partial charge in [-0.1, -0.05) is 41.1 Å². The normalized spacial score (nSPS) is 20.8. The zero-order valence-electron chi connectivity index (χ0n) is 12.9. The van der Waals surface area contributed by atoms with E-state index in [1.165, 1.54) is 42.5 Å². The lowest BCUT2D eigenvalue weighted by atomic mass is 9.89. The second kappa shape index (κ2) is 7.58. The topological polar surface area (TPSA) is 15.3 Å². The SMILES string of the molecule is CCN1CCC(C(C)N[C@@H](C)c2ccccc2Br)CC1. The van der Waals surface area contributed by atoms with E-state index in [1.54, 1.807) is 0 Å². The number of hydrogen-bond acceptors (Lipinski definition) is 2. The van der Waals surface area contributed by atoms with Crippen LogP contribution in [0, 0.1) is 5.92 Å². The number of hydrogen-bond donors (Lipinski definition) is 1. The third-order valence-electron chi connectivity index (χ3n) is 4.67. The molecule has 1 fully saturated rings. The number of nitrogens with one attached hydrogen (secondary N) is 1. The Labute approximate surface area is 132 Å². The molecule has 0 spiro atoms. The Bertz CT molecular complexity index is 413. The first-order chi connectivity index (χ1) is 9.61. The maximum atomic E-state index is 3.79. The lowest BCUT2D eigenvalue weighted by Gasteiger charge is -2.35. The van der Waals surface area contributed by atoms with Crippen LogP contribution in [0.2, 0.25) is 0 Å². The standard InChI is InChI=1S/C17H27BrN2/c1-4-20-11-9-15(10-12-20)13(2)19-14(3)16-7-5-6-8-17(16)18/h5-8,13-15,19H,4,9-12H2,1-3H3/t13?,14-/m0/s1. The summed E-state index contributed by atoms with van der Waals surface area (Å²) in [5.41, 5.74) is 1.35. The highest BCUT2D eigenvalue weighted by Gasteiger charge is 2.24. The van der Waals surface area contributed by atoms with Gasteiger partial charge in [-0.15, -0.1) is 0 Å². The molecule has 0 bridgehead atoms. The predicted octanol–water partition coefficient (Wildman–Crippen LogP) is 4.22. The molecule has 1 aromatic carbocycles. The summed E-state index contributed by atoms with van der Waals surface area (Å²) in [5, 5.41) is 3.79. The van der Waals surface area contributed by atoms with Gasteiger partial charge in [-0.3, -0.25) is 0 Å². The predicted molar refractivity (Wildman–Crippen MR) is 90.0 cm³/mol. The number of likely N-dealkylation sites (tertiary alicyclic amines) is 1. The summed E-state index contributed by atoms with van der Waals surface area (Å²) in [6, 6.07) is 9.49. The van der Waals surface area contributed by atoms with Crippen molar-refractivity contribution >= 4 is 15.9 Å². The van der Waals surface area contributed by atoms with Gasteiger partial charge in [0.05, 0.1) is 0 Å². The summed E-state index contributed by atoms with van der Waals surface area (Å²) in [7, 11) is 0. The van der Waals surface area contributed by atoms with Gasteiger partial charge in [-0.25, -0.2) is 0 Å². The van der Waals surface area contributed by atoms with Gasteiger partial charge >= 0.3 is 0 Å². The van der Waals surface area contributed by atoms with Gasteiger partial charge in [0.2, 0.25) is 0 Å². The van der Waals surface area contributed by atoms with Crippen LogP contribution in [0.3, 0.4) is 0 Å². The summed E-state index contributed by atoms with van der Waals surface area (Å²) in [6.45, 7) is 10.6. The molecule has 1 aliphatic rings. The molecule has 0 aromatic heterocycles. The van der Waals surface area contributed by atoms with Crippen molar-refractivity contribution in [2.75, 3.05) is 19.6 Å². The van der Waals surface area contributed by atoms with Gasteiger partial charge in [0.15, 0.2) is 0 Å². The zero-order chi connectivity index (χ0) is 14.5. The molecule has 20 heavy (non-hydrogen) atoms. The summed E-state index contributed by atoms with van der Waals surface area (Å²) < 4.78 is 1.20. The molecule has 0 saturated carbocycles. The summed E-state index contributed by atoms with van der Waals surface area (Å²) >= 11 is 3.65. The van der Waals surface area contributed by atoms with E-state index in [0.29, 0.717) is 12.1 Å². The molecule has 1 aliphatic heterocycles. The van der Waals surface area contributed by atoms with Crippen LogP contribution in [0.25, 0.3) is 0 Å². The molecule has 3 heteroatoms. The van der Waals surface area contributed by atoms with Crippen LogP contribution in [-0.4, -0.2) is 30.6 Å². The summed E-state index contributed by atoms with van der Waals surface area (Å²) in [5.74, 6) is 0.808. The Balaban J connectivity index is 1.88. The lowest BCUT2D eigenvalue weighted by molar-refractivity contribution is 0.165. The van der Waals surface area contributed by atoms with Crippen molar-refractivity contribution in [3.63, 3.8) is 0 Å². The van der Waals surface area contributed by atoms with Gasteiger partial charge in [-0.05, 0) is 63.9 Å². The van der Waals surface area contributed by atoms with Crippen molar-refractivity contribution in [3.05, 3.63) is 34.3 Å². The Hall–Kier alpha value is -0.380. The summed E-state index contributed by atoms with van der Waals surface area (Å²) in [6.07, 6.45) is 2.65. The van der Waals surface area contributed by atoms with E-state index in [-0.39, 0.29) is 0 Å². The number of halogens is 1. The van der Waals surface area contributed by atoms with Crippen molar-refractivity contribution in [2.45, 2.75) is 45.7 Å². The Morgan fingerprint density at radius 3 is 2.50 bits per heavy atom. The molecule has 2 rings (SSSR count). The average molecular weight is 339 g/mol. The second-order valence-electron chi connectivity index (χ2n) is 5.97. The quantitative estimate of drug-likeness (QED) is 0.864. The fourth-order valence-electron chi connectivity index (χ4n) is 3.22. The monoisotopic (exact) mass is 338 g/mol. The molecule has 112 valence electrons. The molecule has 2 atom stereocenters. The second-order valence-corrected chi connectivity index (χ2v) is 6.82. The lowest BCUT2D eigenvalue weighted by Crippen LogP contribution is -2.42. The number of benzene rings is 1. The van der Waals surface area contributed by atoms with Crippen LogP contribution in [0.15, 0.2) is 28.7 Å². The molecule has 2 nitrogen and oxygen atoms in total. The molecular weight excluding hydrogens is 312 g/mol. The maximum Gasteiger partial charge on any atom is 0.0305 e. The number of nitrogens with zero attached hydrogens (tertiary/aromatic N) is 1. The fourth-order valence-corrected chi connectivity index (χ4v) is 3.84. The third kappa shape index (κ3) is 4.06. The molecule has 0 radical (unpaired) electrons. The van der Waals surface area contributed by atoms with Crippen LogP contribution < -0.4 is 5.32 Å². The van der Waals surface area contributed by atoms with Crippen LogP contribution in [0.4, 0.5) is 0 Å². The minimum atomic E-state index is 0.393. The molecule has 1 saturated heterocycles. The van der Waals surface area contributed by atoms with Crippen LogP contribution in [0.5, 0.6) is 0 Å². The van der Waals surface area contributed by atoms with Crippen molar-refractivity contribution in [1.82, 2.24) is 10.2 Å². The molecule has 1 unspecified atom stereocenters. The first-order valence-corrected chi connectivity index (χ1v) is 8.64. The average Bonchev–Trinajstić information content (AvgIpc) is 2.47. The van der Waals surface area contributed by atoms with E-state index in [2.05, 4.69) is 71.2 Å². The third-order valence-corrected chi connectivity index (χ3v) is 5.39. The highest BCUT2D eigenvalue weighted by molar-refractivity contribution is 9.10. The number of rotatable bonds is 5. The van der Waals surface area contributed by atoms with E-state index in [0.717, 1.165) is 5.92 Å². The highest BCUT2D eigenvalue weighted by Crippen LogP contribution is 2.26. The van der Waals surface area contributed by atoms with Crippen molar-refractivity contribution in [3.8, 4) is 0 Å². The molecule has 1 N–H and O–H groups in total. The highest BCUT2D eigenvalue weighted by atomic mass is 79.9. The molecule has 1 heterocycles. The van der Waals surface area contributed by atoms with Gasteiger partial charge in [-0.2, -0.15) is 0 Å². The van der Waals surface area contributed by atoms with Crippen molar-refractivity contribution in [2.24, 2.45) is 5.92 Å².